The number of nitrogens with one attached hydrogen (secondary N) is 3. The van der Waals surface area contributed by atoms with E-state index in [0.29, 0.717) is 40.3 Å². The fourth-order valence-electron chi connectivity index (χ4n) is 3.06. The number of aryl methyl sites for hydroxylation is 2. The van der Waals surface area contributed by atoms with Gasteiger partial charge in [0.2, 0.25) is 0 Å². The highest BCUT2D eigenvalue weighted by molar-refractivity contribution is 5.90. The van der Waals surface area contributed by atoms with Crippen molar-refractivity contribution < 1.29 is 19.7 Å². The van der Waals surface area contributed by atoms with E-state index in [2.05, 4.69) is 25.7 Å². The van der Waals surface area contributed by atoms with Gasteiger partial charge in [-0.1, -0.05) is 0 Å². The zero-order valence-corrected chi connectivity index (χ0v) is 16.9. The molecule has 3 aromatic rings. The molecule has 160 valence electrons. The number of carbonyl (C=O) groups excluding carboxylic acids is 1. The molecule has 0 aliphatic carbocycles. The number of rotatable bonds is 7. The number of amides is 2. The summed E-state index contributed by atoms with van der Waals surface area (Å²) in [4.78, 5) is 31.9. The van der Waals surface area contributed by atoms with Crippen molar-refractivity contribution in [3.8, 4) is 17.1 Å². The molecule has 1 unspecified atom stereocenters. The van der Waals surface area contributed by atoms with Crippen molar-refractivity contribution in [3.63, 3.8) is 0 Å². The van der Waals surface area contributed by atoms with E-state index in [9.17, 15) is 14.7 Å². The number of anilines is 1. The molecule has 3 rings (SSSR count). The zero-order valence-electron chi connectivity index (χ0n) is 16.9. The molecule has 5 N–H and O–H groups in total. The molecule has 0 saturated heterocycles. The number of aromatic nitrogens is 4. The van der Waals surface area contributed by atoms with Crippen LogP contribution in [0.25, 0.3) is 22.4 Å². The van der Waals surface area contributed by atoms with Gasteiger partial charge in [0.1, 0.15) is 23.2 Å². The average molecular weight is 416 g/mol. The minimum Gasteiger partial charge on any atom is -0.493 e. The normalized spacial score (nSPS) is 12.0. The molecule has 0 saturated carbocycles. The highest BCUT2D eigenvalue weighted by Gasteiger charge is 2.17. The summed E-state index contributed by atoms with van der Waals surface area (Å²) in [6, 6.07) is 4.23. The lowest BCUT2D eigenvalue weighted by molar-refractivity contribution is 0.112. The second kappa shape index (κ2) is 8.93. The number of H-pyrrole nitrogens is 1. The van der Waals surface area contributed by atoms with Crippen molar-refractivity contribution in [2.75, 3.05) is 18.5 Å². The Kier molecular flexibility index (Phi) is 6.33. The van der Waals surface area contributed by atoms with Crippen molar-refractivity contribution in [2.24, 2.45) is 7.05 Å². The molecule has 2 heterocycles. The van der Waals surface area contributed by atoms with Crippen LogP contribution in [0.15, 0.2) is 23.0 Å². The van der Waals surface area contributed by atoms with Gasteiger partial charge in [0.15, 0.2) is 5.65 Å². The summed E-state index contributed by atoms with van der Waals surface area (Å²) in [6.45, 7) is 3.70. The number of aliphatic hydroxyl groups excluding tert-OH is 2. The number of benzene rings is 1. The van der Waals surface area contributed by atoms with Crippen LogP contribution in [-0.4, -0.2) is 55.4 Å². The minimum atomic E-state index is -1.18. The molecule has 1 aromatic carbocycles. The lowest BCUT2D eigenvalue weighted by atomic mass is 10.1. The molecule has 2 amide bonds. The summed E-state index contributed by atoms with van der Waals surface area (Å²) in [6.07, 6.45) is -1.16. The van der Waals surface area contributed by atoms with E-state index in [0.717, 1.165) is 0 Å². The van der Waals surface area contributed by atoms with Crippen molar-refractivity contribution in [3.05, 3.63) is 34.2 Å². The minimum absolute atomic E-state index is 0.0111. The maximum Gasteiger partial charge on any atom is 0.321 e. The van der Waals surface area contributed by atoms with Crippen molar-refractivity contribution in [1.82, 2.24) is 25.1 Å². The van der Waals surface area contributed by atoms with Crippen LogP contribution in [-0.2, 0) is 7.05 Å². The molecule has 0 aliphatic rings. The number of carbonyl (C=O) groups is 1. The summed E-state index contributed by atoms with van der Waals surface area (Å²) in [5.74, 6) is 0.744. The molecule has 11 nitrogen and oxygen atoms in total. The highest BCUT2D eigenvalue weighted by Crippen LogP contribution is 2.31. The Bertz CT molecular complexity index is 1120. The highest BCUT2D eigenvalue weighted by atomic mass is 16.5. The van der Waals surface area contributed by atoms with Gasteiger partial charge >= 0.3 is 6.03 Å². The Morgan fingerprint density at radius 1 is 1.40 bits per heavy atom. The quantitative estimate of drug-likeness (QED) is 0.358. The van der Waals surface area contributed by atoms with Crippen LogP contribution in [0.5, 0.6) is 5.75 Å². The summed E-state index contributed by atoms with van der Waals surface area (Å²) in [5, 5.41) is 28.0. The number of hydrogen-bond acceptors (Lipinski definition) is 7. The van der Waals surface area contributed by atoms with Gasteiger partial charge in [-0.15, -0.1) is 0 Å². The number of nitrogens with zero attached hydrogens (tertiary/aromatic N) is 3. The number of aliphatic hydroxyl groups is 2. The Balaban J connectivity index is 2.00. The van der Waals surface area contributed by atoms with Gasteiger partial charge in [0.25, 0.3) is 5.56 Å². The SMILES string of the molecule is CCOc1ccc(NC(=O)NC(O)CCO)cc1-c1nc2c(c(C)nn2C)c(=O)[nH]1. The molecule has 0 fully saturated rings. The standard InChI is InChI=1S/C19H24N6O5/c1-4-30-13-6-5-11(20-19(29)21-14(27)7-8-26)9-12(13)16-22-17-15(18(28)23-16)10(2)24-25(17)3/h5-6,9,14,26-27H,4,7-8H2,1-3H3,(H2,20,21,29)(H,22,23,28). The Morgan fingerprint density at radius 3 is 2.87 bits per heavy atom. The maximum absolute atomic E-state index is 12.6. The van der Waals surface area contributed by atoms with E-state index < -0.39 is 12.3 Å². The molecular weight excluding hydrogens is 392 g/mol. The zero-order chi connectivity index (χ0) is 21.8. The third kappa shape index (κ3) is 4.42. The summed E-state index contributed by atoms with van der Waals surface area (Å²) in [5.41, 5.74) is 1.55. The molecule has 0 bridgehead atoms. The van der Waals surface area contributed by atoms with Crippen LogP contribution in [0.4, 0.5) is 10.5 Å². The second-order valence-electron chi connectivity index (χ2n) is 6.59. The van der Waals surface area contributed by atoms with Gasteiger partial charge in [0, 0.05) is 25.8 Å². The molecular formula is C19H24N6O5. The Labute approximate surface area is 171 Å². The van der Waals surface area contributed by atoms with Gasteiger partial charge in [0.05, 0.1) is 17.9 Å². The van der Waals surface area contributed by atoms with Crippen LogP contribution in [0.3, 0.4) is 0 Å². The van der Waals surface area contributed by atoms with E-state index >= 15 is 0 Å². The van der Waals surface area contributed by atoms with E-state index in [1.165, 1.54) is 4.68 Å². The monoisotopic (exact) mass is 416 g/mol. The van der Waals surface area contributed by atoms with E-state index in [1.54, 1.807) is 32.2 Å². The van der Waals surface area contributed by atoms with Gasteiger partial charge in [-0.2, -0.15) is 5.10 Å². The molecule has 0 radical (unpaired) electrons. The lowest BCUT2D eigenvalue weighted by Crippen LogP contribution is -2.38. The van der Waals surface area contributed by atoms with Crippen molar-refractivity contribution in [2.45, 2.75) is 26.5 Å². The van der Waals surface area contributed by atoms with Crippen LogP contribution < -0.4 is 20.9 Å². The fourth-order valence-corrected chi connectivity index (χ4v) is 3.06. The number of hydrogen-bond donors (Lipinski definition) is 5. The van der Waals surface area contributed by atoms with Gasteiger partial charge in [-0.25, -0.2) is 14.5 Å². The number of aromatic amines is 1. The van der Waals surface area contributed by atoms with Crippen LogP contribution in [0, 0.1) is 6.92 Å². The fraction of sp³-hybridized carbons (Fsp3) is 0.368. The van der Waals surface area contributed by atoms with Crippen LogP contribution in [0.1, 0.15) is 19.0 Å². The predicted molar refractivity (Wildman–Crippen MR) is 110 cm³/mol. The smallest absolute Gasteiger partial charge is 0.321 e. The first-order chi connectivity index (χ1) is 14.3. The first-order valence-electron chi connectivity index (χ1n) is 9.41. The predicted octanol–water partition coefficient (Wildman–Crippen LogP) is 0.853. The van der Waals surface area contributed by atoms with E-state index in [-0.39, 0.29) is 24.4 Å². The van der Waals surface area contributed by atoms with Crippen LogP contribution in [0.2, 0.25) is 0 Å². The first kappa shape index (κ1) is 21.3. The maximum atomic E-state index is 12.6. The second-order valence-corrected chi connectivity index (χ2v) is 6.59. The van der Waals surface area contributed by atoms with Crippen LogP contribution >= 0.6 is 0 Å². The topological polar surface area (TPSA) is 154 Å². The first-order valence-corrected chi connectivity index (χ1v) is 9.41. The van der Waals surface area contributed by atoms with Crippen molar-refractivity contribution >= 4 is 22.8 Å². The summed E-state index contributed by atoms with van der Waals surface area (Å²) in [7, 11) is 1.70. The van der Waals surface area contributed by atoms with E-state index in [1.807, 2.05) is 6.92 Å². The van der Waals surface area contributed by atoms with Crippen molar-refractivity contribution in [1.29, 1.82) is 0 Å². The molecule has 1 atom stereocenters. The summed E-state index contributed by atoms with van der Waals surface area (Å²) < 4.78 is 7.18. The lowest BCUT2D eigenvalue weighted by Gasteiger charge is -2.15. The molecule has 30 heavy (non-hydrogen) atoms. The average Bonchev–Trinajstić information content (AvgIpc) is 2.97. The number of ether oxygens (including phenoxy) is 1. The summed E-state index contributed by atoms with van der Waals surface area (Å²) >= 11 is 0. The van der Waals surface area contributed by atoms with Gasteiger partial charge in [-0.3, -0.25) is 4.79 Å². The Hall–Kier alpha value is -3.44. The van der Waals surface area contributed by atoms with Gasteiger partial charge in [-0.05, 0) is 32.0 Å². The third-order valence-corrected chi connectivity index (χ3v) is 4.36. The Morgan fingerprint density at radius 2 is 2.17 bits per heavy atom. The number of urea groups is 1. The largest absolute Gasteiger partial charge is 0.493 e. The van der Waals surface area contributed by atoms with E-state index in [4.69, 9.17) is 9.84 Å². The van der Waals surface area contributed by atoms with Gasteiger partial charge < -0.3 is 30.6 Å². The molecule has 0 spiro atoms. The molecule has 0 aliphatic heterocycles. The number of fused-ring (bicyclic) bond motifs is 1. The third-order valence-electron chi connectivity index (χ3n) is 4.36. The molecule has 2 aromatic heterocycles. The molecule has 11 heteroatoms.